The van der Waals surface area contributed by atoms with E-state index in [9.17, 15) is 0 Å². The Labute approximate surface area is 115 Å². The highest BCUT2D eigenvalue weighted by Crippen LogP contribution is 2.23. The molecular formula is C16H23N3. The largest absolute Gasteiger partial charge is 0.328 e. The maximum absolute atomic E-state index is 4.54. The molecule has 0 spiro atoms. The number of rotatable bonds is 5. The number of hydrogen-bond acceptors (Lipinski definition) is 2. The Morgan fingerprint density at radius 1 is 1.32 bits per heavy atom. The minimum Gasteiger partial charge on any atom is -0.328 e. The molecule has 0 amide bonds. The number of imidazole rings is 1. The van der Waals surface area contributed by atoms with E-state index in [1.54, 1.807) is 0 Å². The van der Waals surface area contributed by atoms with Crippen LogP contribution in [0.1, 0.15) is 43.4 Å². The van der Waals surface area contributed by atoms with Crippen molar-refractivity contribution < 1.29 is 0 Å². The second-order valence-corrected chi connectivity index (χ2v) is 5.94. The smallest absolute Gasteiger partial charge is 0.0960 e. The third-order valence-electron chi connectivity index (χ3n) is 4.24. The summed E-state index contributed by atoms with van der Waals surface area (Å²) >= 11 is 0. The SMILES string of the molecule is Cc1cc2ncn(C(C)CCNC3CC3)c2cc1C. The van der Waals surface area contributed by atoms with E-state index in [0.29, 0.717) is 6.04 Å². The van der Waals surface area contributed by atoms with Gasteiger partial charge >= 0.3 is 0 Å². The van der Waals surface area contributed by atoms with Crippen molar-refractivity contribution >= 4 is 11.0 Å². The summed E-state index contributed by atoms with van der Waals surface area (Å²) in [6.07, 6.45) is 5.88. The average molecular weight is 257 g/mol. The lowest BCUT2D eigenvalue weighted by Crippen LogP contribution is -2.20. The number of aryl methyl sites for hydroxylation is 2. The van der Waals surface area contributed by atoms with Crippen molar-refractivity contribution in [1.82, 2.24) is 14.9 Å². The number of aromatic nitrogens is 2. The lowest BCUT2D eigenvalue weighted by atomic mass is 10.1. The van der Waals surface area contributed by atoms with Crippen molar-refractivity contribution in [1.29, 1.82) is 0 Å². The van der Waals surface area contributed by atoms with Crippen molar-refractivity contribution in [3.8, 4) is 0 Å². The Kier molecular flexibility index (Phi) is 3.31. The summed E-state index contributed by atoms with van der Waals surface area (Å²) in [5.74, 6) is 0. The molecule has 3 rings (SSSR count). The Bertz CT molecular complexity index is 581. The lowest BCUT2D eigenvalue weighted by Gasteiger charge is -2.15. The maximum atomic E-state index is 4.54. The van der Waals surface area contributed by atoms with Crippen LogP contribution >= 0.6 is 0 Å². The fourth-order valence-electron chi connectivity index (χ4n) is 2.56. The summed E-state index contributed by atoms with van der Waals surface area (Å²) in [6, 6.07) is 5.76. The zero-order chi connectivity index (χ0) is 13.4. The predicted octanol–water partition coefficient (Wildman–Crippen LogP) is 3.36. The van der Waals surface area contributed by atoms with Crippen LogP contribution in [-0.2, 0) is 0 Å². The summed E-state index contributed by atoms with van der Waals surface area (Å²) in [7, 11) is 0. The third-order valence-corrected chi connectivity index (χ3v) is 4.24. The van der Waals surface area contributed by atoms with Crippen LogP contribution in [0.3, 0.4) is 0 Å². The molecule has 1 aliphatic rings. The number of nitrogens with zero attached hydrogens (tertiary/aromatic N) is 2. The molecule has 1 aliphatic carbocycles. The summed E-state index contributed by atoms with van der Waals surface area (Å²) in [4.78, 5) is 4.54. The molecule has 1 atom stereocenters. The van der Waals surface area contributed by atoms with Gasteiger partial charge < -0.3 is 9.88 Å². The monoisotopic (exact) mass is 257 g/mol. The van der Waals surface area contributed by atoms with Crippen molar-refractivity contribution in [3.05, 3.63) is 29.6 Å². The van der Waals surface area contributed by atoms with Gasteiger partial charge in [-0.1, -0.05) is 0 Å². The van der Waals surface area contributed by atoms with E-state index in [2.05, 4.69) is 47.8 Å². The normalized spacial score (nSPS) is 17.0. The second-order valence-electron chi connectivity index (χ2n) is 5.94. The van der Waals surface area contributed by atoms with Crippen LogP contribution in [0.4, 0.5) is 0 Å². The first-order valence-corrected chi connectivity index (χ1v) is 7.32. The van der Waals surface area contributed by atoms with Crippen LogP contribution < -0.4 is 5.32 Å². The molecule has 0 radical (unpaired) electrons. The van der Waals surface area contributed by atoms with E-state index in [1.807, 2.05) is 6.33 Å². The number of fused-ring (bicyclic) bond motifs is 1. The molecule has 1 heterocycles. The average Bonchev–Trinajstić information content (AvgIpc) is 3.11. The van der Waals surface area contributed by atoms with Gasteiger partial charge in [-0.2, -0.15) is 0 Å². The number of benzene rings is 1. The Morgan fingerprint density at radius 3 is 2.79 bits per heavy atom. The van der Waals surface area contributed by atoms with Gasteiger partial charge in [-0.05, 0) is 69.8 Å². The zero-order valence-electron chi connectivity index (χ0n) is 12.1. The van der Waals surface area contributed by atoms with E-state index >= 15 is 0 Å². The Balaban J connectivity index is 1.76. The predicted molar refractivity (Wildman–Crippen MR) is 79.6 cm³/mol. The van der Waals surface area contributed by atoms with Gasteiger partial charge in [0.1, 0.15) is 0 Å². The molecule has 1 fully saturated rings. The van der Waals surface area contributed by atoms with Crippen molar-refractivity contribution in [2.45, 2.75) is 52.1 Å². The summed E-state index contributed by atoms with van der Waals surface area (Å²) < 4.78 is 2.32. The quantitative estimate of drug-likeness (QED) is 0.890. The number of hydrogen-bond donors (Lipinski definition) is 1. The van der Waals surface area contributed by atoms with Crippen LogP contribution in [0, 0.1) is 13.8 Å². The molecule has 1 saturated carbocycles. The highest BCUT2D eigenvalue weighted by Gasteiger charge is 2.20. The molecule has 0 bridgehead atoms. The number of nitrogens with one attached hydrogen (secondary N) is 1. The molecular weight excluding hydrogens is 234 g/mol. The van der Waals surface area contributed by atoms with Crippen LogP contribution in [-0.4, -0.2) is 22.1 Å². The third kappa shape index (κ3) is 2.66. The molecule has 1 aromatic carbocycles. The highest BCUT2D eigenvalue weighted by atomic mass is 15.1. The van der Waals surface area contributed by atoms with E-state index in [0.717, 1.165) is 24.5 Å². The van der Waals surface area contributed by atoms with E-state index in [-0.39, 0.29) is 0 Å². The van der Waals surface area contributed by atoms with Gasteiger partial charge in [0, 0.05) is 12.1 Å². The van der Waals surface area contributed by atoms with Crippen molar-refractivity contribution in [2.24, 2.45) is 0 Å². The maximum Gasteiger partial charge on any atom is 0.0960 e. The van der Waals surface area contributed by atoms with Gasteiger partial charge in [-0.15, -0.1) is 0 Å². The topological polar surface area (TPSA) is 29.9 Å². The van der Waals surface area contributed by atoms with Crippen molar-refractivity contribution in [3.63, 3.8) is 0 Å². The highest BCUT2D eigenvalue weighted by molar-refractivity contribution is 5.77. The van der Waals surface area contributed by atoms with Crippen LogP contribution in [0.15, 0.2) is 18.5 Å². The van der Waals surface area contributed by atoms with Gasteiger partial charge in [0.2, 0.25) is 0 Å². The second kappa shape index (κ2) is 4.97. The first-order valence-electron chi connectivity index (χ1n) is 7.32. The van der Waals surface area contributed by atoms with Crippen LogP contribution in [0.25, 0.3) is 11.0 Å². The summed E-state index contributed by atoms with van der Waals surface area (Å²) in [5.41, 5.74) is 5.05. The van der Waals surface area contributed by atoms with Gasteiger partial charge in [-0.25, -0.2) is 4.98 Å². The van der Waals surface area contributed by atoms with Gasteiger partial charge in [0.15, 0.2) is 0 Å². The summed E-state index contributed by atoms with van der Waals surface area (Å²) in [5, 5.41) is 3.58. The van der Waals surface area contributed by atoms with E-state index in [1.165, 1.54) is 29.5 Å². The minimum absolute atomic E-state index is 0.498. The van der Waals surface area contributed by atoms with Crippen LogP contribution in [0.5, 0.6) is 0 Å². The molecule has 2 aromatic rings. The molecule has 0 aliphatic heterocycles. The lowest BCUT2D eigenvalue weighted by molar-refractivity contribution is 0.491. The standard InChI is InChI=1S/C16H23N3/c1-11-8-15-16(9-12(11)2)19(10-18-15)13(3)6-7-17-14-4-5-14/h8-10,13-14,17H,4-7H2,1-3H3. The van der Waals surface area contributed by atoms with Gasteiger partial charge in [0.25, 0.3) is 0 Å². The van der Waals surface area contributed by atoms with E-state index < -0.39 is 0 Å². The summed E-state index contributed by atoms with van der Waals surface area (Å²) in [6.45, 7) is 7.71. The molecule has 0 saturated heterocycles. The minimum atomic E-state index is 0.498. The molecule has 3 heteroatoms. The molecule has 19 heavy (non-hydrogen) atoms. The zero-order valence-corrected chi connectivity index (χ0v) is 12.1. The van der Waals surface area contributed by atoms with Crippen molar-refractivity contribution in [2.75, 3.05) is 6.54 Å². The van der Waals surface area contributed by atoms with Crippen LogP contribution in [0.2, 0.25) is 0 Å². The fraction of sp³-hybridized carbons (Fsp3) is 0.562. The molecule has 1 N–H and O–H groups in total. The fourth-order valence-corrected chi connectivity index (χ4v) is 2.56. The van der Waals surface area contributed by atoms with E-state index in [4.69, 9.17) is 0 Å². The van der Waals surface area contributed by atoms with Gasteiger partial charge in [0.05, 0.1) is 17.4 Å². The first-order chi connectivity index (χ1) is 9.15. The van der Waals surface area contributed by atoms with Gasteiger partial charge in [-0.3, -0.25) is 0 Å². The molecule has 102 valence electrons. The molecule has 1 unspecified atom stereocenters. The first kappa shape index (κ1) is 12.7. The molecule has 1 aromatic heterocycles. The Morgan fingerprint density at radius 2 is 2.05 bits per heavy atom. The Hall–Kier alpha value is -1.35. The molecule has 3 nitrogen and oxygen atoms in total.